The molecule has 1 aromatic heterocycles. The van der Waals surface area contributed by atoms with Crippen molar-refractivity contribution in [3.05, 3.63) is 65.6 Å². The lowest BCUT2D eigenvalue weighted by Gasteiger charge is -2.34. The summed E-state index contributed by atoms with van der Waals surface area (Å²) in [7, 11) is 3.46. The first kappa shape index (κ1) is 23.5. The SMILES string of the molecule is CCOC(=O)c1cc2cc(C(=O)C3CCN(C(=O)N(C)c4ccc(F)cc4)CC3)ccc2n1C. The van der Waals surface area contributed by atoms with Crippen molar-refractivity contribution in [2.45, 2.75) is 19.8 Å². The van der Waals surface area contributed by atoms with E-state index >= 15 is 0 Å². The fourth-order valence-electron chi connectivity index (χ4n) is 4.46. The van der Waals surface area contributed by atoms with Gasteiger partial charge in [-0.05, 0) is 68.3 Å². The number of rotatable bonds is 5. The number of amides is 2. The van der Waals surface area contributed by atoms with Crippen molar-refractivity contribution in [3.8, 4) is 0 Å². The van der Waals surface area contributed by atoms with Gasteiger partial charge in [0.2, 0.25) is 0 Å². The largest absolute Gasteiger partial charge is 0.461 e. The van der Waals surface area contributed by atoms with Crippen LogP contribution in [0.25, 0.3) is 10.9 Å². The van der Waals surface area contributed by atoms with Crippen molar-refractivity contribution < 1.29 is 23.5 Å². The number of nitrogens with zero attached hydrogens (tertiary/aromatic N) is 3. The molecule has 1 saturated heterocycles. The van der Waals surface area contributed by atoms with Gasteiger partial charge in [-0.1, -0.05) is 0 Å². The summed E-state index contributed by atoms with van der Waals surface area (Å²) >= 11 is 0. The van der Waals surface area contributed by atoms with Crippen molar-refractivity contribution in [1.29, 1.82) is 0 Å². The highest BCUT2D eigenvalue weighted by Crippen LogP contribution is 2.27. The quantitative estimate of drug-likeness (QED) is 0.406. The molecule has 0 aliphatic carbocycles. The molecule has 1 aliphatic heterocycles. The molecule has 0 atom stereocenters. The maximum Gasteiger partial charge on any atom is 0.354 e. The maximum absolute atomic E-state index is 13.2. The fourth-order valence-corrected chi connectivity index (χ4v) is 4.46. The summed E-state index contributed by atoms with van der Waals surface area (Å²) in [4.78, 5) is 41.4. The number of Topliss-reactive ketones (excluding diaryl/α,β-unsaturated/α-hetero) is 1. The molecule has 1 aliphatic rings. The Labute approximate surface area is 197 Å². The molecule has 0 bridgehead atoms. The van der Waals surface area contributed by atoms with Gasteiger partial charge < -0.3 is 14.2 Å². The van der Waals surface area contributed by atoms with Gasteiger partial charge in [0.05, 0.1) is 6.61 Å². The molecule has 0 unspecified atom stereocenters. The molecule has 4 rings (SSSR count). The van der Waals surface area contributed by atoms with Crippen LogP contribution in [0.1, 0.15) is 40.6 Å². The van der Waals surface area contributed by atoms with Gasteiger partial charge in [-0.25, -0.2) is 14.0 Å². The van der Waals surface area contributed by atoms with Crippen molar-refractivity contribution in [3.63, 3.8) is 0 Å². The number of piperidine rings is 1. The number of likely N-dealkylation sites (tertiary alicyclic amines) is 1. The van der Waals surface area contributed by atoms with Gasteiger partial charge in [-0.15, -0.1) is 0 Å². The van der Waals surface area contributed by atoms with Crippen LogP contribution in [-0.2, 0) is 11.8 Å². The molecule has 7 nitrogen and oxygen atoms in total. The van der Waals surface area contributed by atoms with Gasteiger partial charge in [0, 0.05) is 55.3 Å². The number of hydrogen-bond donors (Lipinski definition) is 0. The van der Waals surface area contributed by atoms with Crippen LogP contribution in [0.3, 0.4) is 0 Å². The molecule has 0 saturated carbocycles. The van der Waals surface area contributed by atoms with Gasteiger partial charge >= 0.3 is 12.0 Å². The number of halogens is 1. The molecule has 3 aromatic rings. The summed E-state index contributed by atoms with van der Waals surface area (Å²) < 4.78 is 20.0. The molecule has 2 amide bonds. The van der Waals surface area contributed by atoms with Gasteiger partial charge in [-0.3, -0.25) is 9.69 Å². The molecule has 0 spiro atoms. The highest BCUT2D eigenvalue weighted by atomic mass is 19.1. The second kappa shape index (κ2) is 9.67. The summed E-state index contributed by atoms with van der Waals surface area (Å²) in [6, 6.07) is 12.8. The zero-order valence-electron chi connectivity index (χ0n) is 19.6. The minimum Gasteiger partial charge on any atom is -0.461 e. The second-order valence-electron chi connectivity index (χ2n) is 8.53. The molecule has 0 N–H and O–H groups in total. The fraction of sp³-hybridized carbons (Fsp3) is 0.346. The number of carbonyl (C=O) groups excluding carboxylic acids is 3. The molecule has 2 heterocycles. The van der Waals surface area contributed by atoms with Crippen LogP contribution in [-0.4, -0.2) is 54.0 Å². The topological polar surface area (TPSA) is 71.8 Å². The third-order valence-corrected chi connectivity index (χ3v) is 6.45. The van der Waals surface area contributed by atoms with Crippen molar-refractivity contribution >= 4 is 34.4 Å². The number of ether oxygens (including phenoxy) is 1. The third-order valence-electron chi connectivity index (χ3n) is 6.45. The molecule has 2 aromatic carbocycles. The average Bonchev–Trinajstić information content (AvgIpc) is 3.19. The summed E-state index contributed by atoms with van der Waals surface area (Å²) in [5.74, 6) is -0.875. The van der Waals surface area contributed by atoms with Crippen molar-refractivity contribution in [2.24, 2.45) is 13.0 Å². The van der Waals surface area contributed by atoms with Gasteiger partial charge in [0.25, 0.3) is 0 Å². The molecule has 8 heteroatoms. The number of benzene rings is 2. The Kier molecular flexibility index (Phi) is 6.68. The first-order chi connectivity index (χ1) is 16.3. The molecular weight excluding hydrogens is 437 g/mol. The van der Waals surface area contributed by atoms with E-state index in [9.17, 15) is 18.8 Å². The number of fused-ring (bicyclic) bond motifs is 1. The lowest BCUT2D eigenvalue weighted by atomic mass is 9.88. The zero-order valence-corrected chi connectivity index (χ0v) is 19.6. The zero-order chi connectivity index (χ0) is 24.4. The molecule has 1 fully saturated rings. The Morgan fingerprint density at radius 2 is 1.74 bits per heavy atom. The van der Waals surface area contributed by atoms with E-state index in [0.717, 1.165) is 10.9 Å². The summed E-state index contributed by atoms with van der Waals surface area (Å²) in [5.41, 5.74) is 2.51. The standard InChI is InChI=1S/C26H28FN3O4/c1-4-34-25(32)23-16-19-15-18(5-10-22(19)29(23)3)24(31)17-11-13-30(14-12-17)26(33)28(2)21-8-6-20(27)7-9-21/h5-10,15-17H,4,11-14H2,1-3H3. The number of urea groups is 1. The first-order valence-electron chi connectivity index (χ1n) is 11.4. The van der Waals surface area contributed by atoms with Crippen LogP contribution in [0, 0.1) is 11.7 Å². The van der Waals surface area contributed by atoms with Gasteiger partial charge in [0.15, 0.2) is 5.78 Å². The Balaban J connectivity index is 1.42. The van der Waals surface area contributed by atoms with E-state index < -0.39 is 5.97 Å². The van der Waals surface area contributed by atoms with E-state index in [1.807, 2.05) is 12.1 Å². The van der Waals surface area contributed by atoms with E-state index in [0.29, 0.717) is 49.5 Å². The van der Waals surface area contributed by atoms with Crippen LogP contribution in [0.4, 0.5) is 14.9 Å². The van der Waals surface area contributed by atoms with Crippen LogP contribution in [0.5, 0.6) is 0 Å². The smallest absolute Gasteiger partial charge is 0.354 e. The average molecular weight is 466 g/mol. The first-order valence-corrected chi connectivity index (χ1v) is 11.4. The lowest BCUT2D eigenvalue weighted by Crippen LogP contribution is -2.46. The van der Waals surface area contributed by atoms with Crippen molar-refractivity contribution in [1.82, 2.24) is 9.47 Å². The Morgan fingerprint density at radius 1 is 1.06 bits per heavy atom. The number of esters is 1. The molecule has 178 valence electrons. The summed E-state index contributed by atoms with van der Waals surface area (Å²) in [6.45, 7) is 3.00. The van der Waals surface area contributed by atoms with E-state index in [4.69, 9.17) is 4.74 Å². The molecular formula is C26H28FN3O4. The lowest BCUT2D eigenvalue weighted by molar-refractivity contribution is 0.0515. The number of aryl methyl sites for hydroxylation is 1. The van der Waals surface area contributed by atoms with Gasteiger partial charge in [0.1, 0.15) is 11.5 Å². The summed E-state index contributed by atoms with van der Waals surface area (Å²) in [6.07, 6.45) is 1.14. The van der Waals surface area contributed by atoms with Crippen LogP contribution >= 0.6 is 0 Å². The number of ketones is 1. The monoisotopic (exact) mass is 465 g/mol. The van der Waals surface area contributed by atoms with Crippen LogP contribution in [0.15, 0.2) is 48.5 Å². The summed E-state index contributed by atoms with van der Waals surface area (Å²) in [5, 5.41) is 0.810. The van der Waals surface area contributed by atoms with E-state index in [1.165, 1.54) is 17.0 Å². The molecule has 34 heavy (non-hydrogen) atoms. The minimum absolute atomic E-state index is 0.0439. The van der Waals surface area contributed by atoms with E-state index in [2.05, 4.69) is 0 Å². The van der Waals surface area contributed by atoms with E-state index in [1.54, 1.807) is 54.8 Å². The predicted molar refractivity (Wildman–Crippen MR) is 128 cm³/mol. The van der Waals surface area contributed by atoms with E-state index in [-0.39, 0.29) is 23.5 Å². The maximum atomic E-state index is 13.2. The van der Waals surface area contributed by atoms with Gasteiger partial charge in [-0.2, -0.15) is 0 Å². The van der Waals surface area contributed by atoms with Crippen LogP contribution in [0.2, 0.25) is 0 Å². The Hall–Kier alpha value is -3.68. The minimum atomic E-state index is -0.392. The highest BCUT2D eigenvalue weighted by molar-refractivity contribution is 6.03. The number of carbonyl (C=O) groups is 3. The Bertz CT molecular complexity index is 1230. The normalized spacial score (nSPS) is 14.3. The predicted octanol–water partition coefficient (Wildman–Crippen LogP) is 4.65. The number of aromatic nitrogens is 1. The molecule has 0 radical (unpaired) electrons. The Morgan fingerprint density at radius 3 is 2.38 bits per heavy atom. The number of anilines is 1. The third kappa shape index (κ3) is 4.53. The second-order valence-corrected chi connectivity index (χ2v) is 8.53. The highest BCUT2D eigenvalue weighted by Gasteiger charge is 2.30. The number of hydrogen-bond acceptors (Lipinski definition) is 4. The van der Waals surface area contributed by atoms with Crippen molar-refractivity contribution in [2.75, 3.05) is 31.6 Å². The van der Waals surface area contributed by atoms with Crippen LogP contribution < -0.4 is 4.90 Å².